The van der Waals surface area contributed by atoms with Gasteiger partial charge < -0.3 is 9.80 Å². The van der Waals surface area contributed by atoms with Crippen LogP contribution in [0.5, 0.6) is 0 Å². The Kier molecular flexibility index (Phi) is 7.68. The number of aryl methyl sites for hydroxylation is 1. The van der Waals surface area contributed by atoms with Crippen molar-refractivity contribution in [2.45, 2.75) is 63.3 Å². The standard InChI is InChI=1S/C26H33N3O4S/c1-20-8-4-5-9-22(20)19-27-34(32,33)23-10-11-24-21(18-23)14-17-29(24)26(31)13-12-25(30)28-15-6-2-3-7-16-28/h4-5,8-11,18,27H,2-3,6-7,12-17,19H2,1H3. The van der Waals surface area contributed by atoms with Gasteiger partial charge in [-0.2, -0.15) is 0 Å². The maximum atomic E-state index is 12.9. The lowest BCUT2D eigenvalue weighted by molar-refractivity contribution is -0.133. The zero-order chi connectivity index (χ0) is 24.1. The first kappa shape index (κ1) is 24.4. The maximum absolute atomic E-state index is 12.9. The van der Waals surface area contributed by atoms with Crippen molar-refractivity contribution in [3.05, 3.63) is 59.2 Å². The minimum atomic E-state index is -3.68. The number of carbonyl (C=O) groups excluding carboxylic acids is 2. The molecular weight excluding hydrogens is 450 g/mol. The van der Waals surface area contributed by atoms with E-state index in [2.05, 4.69) is 4.72 Å². The summed E-state index contributed by atoms with van der Waals surface area (Å²) in [5.74, 6) is -0.0361. The largest absolute Gasteiger partial charge is 0.343 e. The van der Waals surface area contributed by atoms with Crippen LogP contribution in [-0.4, -0.2) is 44.8 Å². The van der Waals surface area contributed by atoms with Crippen molar-refractivity contribution in [3.63, 3.8) is 0 Å². The quantitative estimate of drug-likeness (QED) is 0.653. The number of nitrogens with one attached hydrogen (secondary N) is 1. The Morgan fingerprint density at radius 2 is 1.62 bits per heavy atom. The number of anilines is 1. The summed E-state index contributed by atoms with van der Waals surface area (Å²) in [5, 5.41) is 0. The molecule has 2 aliphatic rings. The molecule has 7 nitrogen and oxygen atoms in total. The van der Waals surface area contributed by atoms with Crippen molar-refractivity contribution in [2.75, 3.05) is 24.5 Å². The summed E-state index contributed by atoms with van der Waals surface area (Å²) in [6.45, 7) is 4.25. The van der Waals surface area contributed by atoms with Crippen LogP contribution in [0.2, 0.25) is 0 Å². The van der Waals surface area contributed by atoms with Gasteiger partial charge in [-0.05, 0) is 61.1 Å². The van der Waals surface area contributed by atoms with Gasteiger partial charge in [0.25, 0.3) is 0 Å². The highest BCUT2D eigenvalue weighted by Gasteiger charge is 2.27. The predicted octanol–water partition coefficient (Wildman–Crippen LogP) is 3.55. The van der Waals surface area contributed by atoms with Crippen LogP contribution in [-0.2, 0) is 32.6 Å². The van der Waals surface area contributed by atoms with E-state index >= 15 is 0 Å². The summed E-state index contributed by atoms with van der Waals surface area (Å²) < 4.78 is 28.4. The molecule has 0 radical (unpaired) electrons. The Morgan fingerprint density at radius 3 is 2.35 bits per heavy atom. The van der Waals surface area contributed by atoms with Crippen molar-refractivity contribution in [2.24, 2.45) is 0 Å². The van der Waals surface area contributed by atoms with Crippen LogP contribution in [0.1, 0.15) is 55.2 Å². The van der Waals surface area contributed by atoms with E-state index in [9.17, 15) is 18.0 Å². The second kappa shape index (κ2) is 10.7. The minimum absolute atomic E-state index is 0.0517. The first-order valence-corrected chi connectivity index (χ1v) is 13.6. The first-order valence-electron chi connectivity index (χ1n) is 12.1. The highest BCUT2D eigenvalue weighted by Crippen LogP contribution is 2.31. The zero-order valence-electron chi connectivity index (χ0n) is 19.8. The van der Waals surface area contributed by atoms with Crippen molar-refractivity contribution in [3.8, 4) is 0 Å². The highest BCUT2D eigenvalue weighted by atomic mass is 32.2. The minimum Gasteiger partial charge on any atom is -0.343 e. The number of sulfonamides is 1. The van der Waals surface area contributed by atoms with E-state index in [1.807, 2.05) is 36.1 Å². The molecule has 8 heteroatoms. The topological polar surface area (TPSA) is 86.8 Å². The fourth-order valence-electron chi connectivity index (χ4n) is 4.70. The molecule has 1 fully saturated rings. The van der Waals surface area contributed by atoms with Crippen LogP contribution >= 0.6 is 0 Å². The summed E-state index contributed by atoms with van der Waals surface area (Å²) in [6.07, 6.45) is 5.38. The van der Waals surface area contributed by atoms with Gasteiger partial charge in [-0.3, -0.25) is 9.59 Å². The lowest BCUT2D eigenvalue weighted by Crippen LogP contribution is -2.34. The third kappa shape index (κ3) is 5.67. The van der Waals surface area contributed by atoms with Gasteiger partial charge in [0.05, 0.1) is 4.90 Å². The molecule has 2 amide bonds. The second-order valence-corrected chi connectivity index (χ2v) is 10.9. The van der Waals surface area contributed by atoms with Gasteiger partial charge in [0.15, 0.2) is 0 Å². The monoisotopic (exact) mass is 483 g/mol. The third-order valence-electron chi connectivity index (χ3n) is 6.78. The van der Waals surface area contributed by atoms with E-state index in [0.29, 0.717) is 13.0 Å². The summed E-state index contributed by atoms with van der Waals surface area (Å²) in [6, 6.07) is 12.6. The summed E-state index contributed by atoms with van der Waals surface area (Å²) >= 11 is 0. The van der Waals surface area contributed by atoms with Gasteiger partial charge in [0, 0.05) is 44.7 Å². The Labute approximate surface area is 202 Å². The molecule has 2 aliphatic heterocycles. The lowest BCUT2D eigenvalue weighted by Gasteiger charge is -2.21. The van der Waals surface area contributed by atoms with Crippen LogP contribution in [0, 0.1) is 6.92 Å². The summed E-state index contributed by atoms with van der Waals surface area (Å²) in [4.78, 5) is 29.2. The average molecular weight is 484 g/mol. The van der Waals surface area contributed by atoms with Crippen molar-refractivity contribution < 1.29 is 18.0 Å². The highest BCUT2D eigenvalue weighted by molar-refractivity contribution is 7.89. The van der Waals surface area contributed by atoms with Gasteiger partial charge in [0.2, 0.25) is 21.8 Å². The molecule has 0 aromatic heterocycles. The number of nitrogens with zero attached hydrogens (tertiary/aromatic N) is 2. The zero-order valence-corrected chi connectivity index (χ0v) is 20.6. The average Bonchev–Trinajstić information content (AvgIpc) is 3.06. The SMILES string of the molecule is Cc1ccccc1CNS(=O)(=O)c1ccc2c(c1)CCN2C(=O)CCC(=O)N1CCCCCC1. The normalized spacial score (nSPS) is 16.3. The number of carbonyl (C=O) groups is 2. The third-order valence-corrected chi connectivity index (χ3v) is 8.18. The van der Waals surface area contributed by atoms with Gasteiger partial charge in [-0.1, -0.05) is 37.1 Å². The molecule has 0 saturated carbocycles. The number of hydrogen-bond donors (Lipinski definition) is 1. The van der Waals surface area contributed by atoms with E-state index in [0.717, 1.165) is 61.2 Å². The molecule has 4 rings (SSSR count). The molecule has 0 unspecified atom stereocenters. The van der Waals surface area contributed by atoms with Gasteiger partial charge in [-0.15, -0.1) is 0 Å². The number of likely N-dealkylation sites (tertiary alicyclic amines) is 1. The lowest BCUT2D eigenvalue weighted by atomic mass is 10.1. The molecule has 2 aromatic rings. The molecule has 0 spiro atoms. The van der Waals surface area contributed by atoms with E-state index in [4.69, 9.17) is 0 Å². The molecule has 0 bridgehead atoms. The van der Waals surface area contributed by atoms with Gasteiger partial charge in [-0.25, -0.2) is 13.1 Å². The van der Waals surface area contributed by atoms with Crippen LogP contribution in [0.15, 0.2) is 47.4 Å². The number of hydrogen-bond acceptors (Lipinski definition) is 4. The Bertz CT molecular complexity index is 1150. The number of rotatable bonds is 7. The molecule has 34 heavy (non-hydrogen) atoms. The fourth-order valence-corrected chi connectivity index (χ4v) is 5.75. The first-order chi connectivity index (χ1) is 16.3. The van der Waals surface area contributed by atoms with E-state index in [-0.39, 0.29) is 36.1 Å². The van der Waals surface area contributed by atoms with Crippen LogP contribution in [0.3, 0.4) is 0 Å². The summed E-state index contributed by atoms with van der Waals surface area (Å²) in [7, 11) is -3.68. The Morgan fingerprint density at radius 1 is 0.912 bits per heavy atom. The van der Waals surface area contributed by atoms with Crippen molar-refractivity contribution in [1.82, 2.24) is 9.62 Å². The molecule has 182 valence electrons. The fraction of sp³-hybridized carbons (Fsp3) is 0.462. The van der Waals surface area contributed by atoms with Crippen LogP contribution < -0.4 is 9.62 Å². The molecule has 2 aromatic carbocycles. The molecule has 0 atom stereocenters. The Hall–Kier alpha value is -2.71. The predicted molar refractivity (Wildman–Crippen MR) is 132 cm³/mol. The van der Waals surface area contributed by atoms with Crippen LogP contribution in [0.4, 0.5) is 5.69 Å². The van der Waals surface area contributed by atoms with E-state index in [1.54, 1.807) is 23.1 Å². The number of benzene rings is 2. The van der Waals surface area contributed by atoms with E-state index in [1.165, 1.54) is 0 Å². The Balaban J connectivity index is 1.37. The second-order valence-electron chi connectivity index (χ2n) is 9.13. The molecule has 1 N–H and O–H groups in total. The molecule has 1 saturated heterocycles. The van der Waals surface area contributed by atoms with Gasteiger partial charge in [0.1, 0.15) is 0 Å². The summed E-state index contributed by atoms with van der Waals surface area (Å²) in [5.41, 5.74) is 3.54. The number of amides is 2. The van der Waals surface area contributed by atoms with Gasteiger partial charge >= 0.3 is 0 Å². The maximum Gasteiger partial charge on any atom is 0.240 e. The van der Waals surface area contributed by atoms with E-state index < -0.39 is 10.0 Å². The molecular formula is C26H33N3O4S. The smallest absolute Gasteiger partial charge is 0.240 e. The van der Waals surface area contributed by atoms with Crippen LogP contribution in [0.25, 0.3) is 0 Å². The van der Waals surface area contributed by atoms with Crippen molar-refractivity contribution in [1.29, 1.82) is 0 Å². The molecule has 2 heterocycles. The molecule has 0 aliphatic carbocycles. The van der Waals surface area contributed by atoms with Crippen molar-refractivity contribution >= 4 is 27.5 Å². The number of fused-ring (bicyclic) bond motifs is 1.